The van der Waals surface area contributed by atoms with Gasteiger partial charge in [-0.3, -0.25) is 0 Å². The number of nitrogens with zero attached hydrogens (tertiary/aromatic N) is 2. The minimum Gasteiger partial charge on any atom is -0.317 e. The summed E-state index contributed by atoms with van der Waals surface area (Å²) < 4.78 is 0. The van der Waals surface area contributed by atoms with Crippen LogP contribution in [0.2, 0.25) is 0 Å². The summed E-state index contributed by atoms with van der Waals surface area (Å²) in [7, 11) is 2.19. The van der Waals surface area contributed by atoms with Gasteiger partial charge < -0.3 is 47.0 Å². The van der Waals surface area contributed by atoms with Crippen LogP contribution in [0.3, 0.4) is 0 Å². The molecule has 0 spiro atoms. The van der Waals surface area contributed by atoms with Gasteiger partial charge in [0.2, 0.25) is 0 Å². The zero-order valence-electron chi connectivity index (χ0n) is 34.7. The summed E-state index contributed by atoms with van der Waals surface area (Å²) >= 11 is 0. The predicted octanol–water partition coefficient (Wildman–Crippen LogP) is 5.57. The Morgan fingerprint density at radius 1 is 0.275 bits per heavy atom. The lowest BCUT2D eigenvalue weighted by atomic mass is 10.1. The van der Waals surface area contributed by atoms with E-state index >= 15 is 0 Å². The van der Waals surface area contributed by atoms with E-state index in [0.29, 0.717) is 0 Å². The Labute approximate surface area is 319 Å². The molecule has 9 aliphatic rings. The number of nitrogens with one attached hydrogen (secondary N) is 7. The van der Waals surface area contributed by atoms with Crippen LogP contribution in [0.25, 0.3) is 0 Å². The van der Waals surface area contributed by atoms with E-state index < -0.39 is 0 Å². The third-order valence-electron chi connectivity index (χ3n) is 10.4. The molecule has 7 N–H and O–H groups in total. The highest BCUT2D eigenvalue weighted by Crippen LogP contribution is 2.07. The van der Waals surface area contributed by atoms with Gasteiger partial charge in [-0.05, 0) is 234 Å². The zero-order chi connectivity index (χ0) is 36.4. The third kappa shape index (κ3) is 39.2. The summed E-state index contributed by atoms with van der Waals surface area (Å²) in [6, 6.07) is 0. The lowest BCUT2D eigenvalue weighted by Gasteiger charge is -2.24. The van der Waals surface area contributed by atoms with E-state index in [-0.39, 0.29) is 0 Å². The van der Waals surface area contributed by atoms with Crippen LogP contribution < -0.4 is 37.2 Å². The molecule has 9 nitrogen and oxygen atoms in total. The first-order valence-corrected chi connectivity index (χ1v) is 22.7. The molecule has 0 atom stereocenters. The van der Waals surface area contributed by atoms with Crippen molar-refractivity contribution in [2.75, 3.05) is 131 Å². The predicted molar refractivity (Wildman–Crippen MR) is 227 cm³/mol. The fourth-order valence-electron chi connectivity index (χ4n) is 6.34. The molecule has 0 radical (unpaired) electrons. The maximum Gasteiger partial charge on any atom is -0.00188 e. The van der Waals surface area contributed by atoms with Crippen molar-refractivity contribution < 1.29 is 0 Å². The highest BCUT2D eigenvalue weighted by molar-refractivity contribution is 4.62. The van der Waals surface area contributed by atoms with Crippen molar-refractivity contribution in [3.05, 3.63) is 0 Å². The second-order valence-electron chi connectivity index (χ2n) is 15.4. The minimum absolute atomic E-state index is 1.25. The van der Waals surface area contributed by atoms with Crippen molar-refractivity contribution in [3.8, 4) is 0 Å². The van der Waals surface area contributed by atoms with Crippen LogP contribution in [0.5, 0.6) is 0 Å². The quantitative estimate of drug-likeness (QED) is 0.188. The summed E-state index contributed by atoms with van der Waals surface area (Å²) in [5.41, 5.74) is 0. The molecular weight excluding hydrogens is 631 g/mol. The Morgan fingerprint density at radius 2 is 0.471 bits per heavy atom. The van der Waals surface area contributed by atoms with Gasteiger partial charge in [-0.1, -0.05) is 39.0 Å². The van der Waals surface area contributed by atoms with E-state index in [0.717, 1.165) is 0 Å². The number of piperidine rings is 5. The smallest absolute Gasteiger partial charge is 0.00188 e. The summed E-state index contributed by atoms with van der Waals surface area (Å²) in [6.07, 6.45) is 29.6. The Hall–Kier alpha value is -0.360. The van der Waals surface area contributed by atoms with Gasteiger partial charge in [0.05, 0.1) is 0 Å². The van der Waals surface area contributed by atoms with Gasteiger partial charge in [-0.25, -0.2) is 0 Å². The van der Waals surface area contributed by atoms with Gasteiger partial charge in [0.15, 0.2) is 0 Å². The second-order valence-corrected chi connectivity index (χ2v) is 15.4. The molecule has 9 saturated heterocycles. The molecule has 0 aromatic heterocycles. The van der Waals surface area contributed by atoms with Crippen LogP contribution in [0.4, 0.5) is 0 Å². The second kappa shape index (κ2) is 42.4. The van der Waals surface area contributed by atoms with Crippen LogP contribution in [-0.4, -0.2) is 141 Å². The summed E-state index contributed by atoms with van der Waals surface area (Å²) in [5.74, 6) is 0. The molecular formula is C42H93N9. The molecule has 9 heterocycles. The molecule has 306 valence electrons. The van der Waals surface area contributed by atoms with Gasteiger partial charge in [0.1, 0.15) is 0 Å². The standard InChI is InChI=1S/C7H15N.C6H13N.3C5H11N.2C4H9N.2C3H7N/c1-2-8-6-4-3-5-7-8;1-7-5-3-2-4-6-7;3*1-2-4-6-5-3-1;2*1-2-4-5-3-1;2*1-2-4-3-1/h2-7H2,1H3;2-6H2,1H3;3*6H,1-5H2;2*5H,1-4H2;2*4H,1-3H2. The minimum atomic E-state index is 1.25. The van der Waals surface area contributed by atoms with E-state index in [1.807, 2.05) is 0 Å². The van der Waals surface area contributed by atoms with E-state index in [4.69, 9.17) is 0 Å². The number of rotatable bonds is 1. The van der Waals surface area contributed by atoms with Crippen molar-refractivity contribution in [1.82, 2.24) is 47.0 Å². The summed E-state index contributed by atoms with van der Waals surface area (Å²) in [5, 5.41) is 22.5. The topological polar surface area (TPSA) is 90.7 Å². The monoisotopic (exact) mass is 724 g/mol. The van der Waals surface area contributed by atoms with Crippen molar-refractivity contribution >= 4 is 0 Å². The first-order valence-electron chi connectivity index (χ1n) is 22.7. The summed E-state index contributed by atoms with van der Waals surface area (Å²) in [4.78, 5) is 4.91. The molecule has 9 fully saturated rings. The molecule has 0 amide bonds. The fraction of sp³-hybridized carbons (Fsp3) is 1.00. The normalized spacial score (nSPS) is 24.1. The van der Waals surface area contributed by atoms with E-state index in [2.05, 4.69) is 61.0 Å². The molecule has 0 aliphatic carbocycles. The van der Waals surface area contributed by atoms with Crippen LogP contribution in [-0.2, 0) is 0 Å². The fourth-order valence-corrected chi connectivity index (χ4v) is 6.34. The molecule has 9 aliphatic heterocycles. The van der Waals surface area contributed by atoms with Crippen molar-refractivity contribution in [2.45, 2.75) is 142 Å². The first kappa shape index (κ1) is 48.7. The van der Waals surface area contributed by atoms with Crippen LogP contribution in [0, 0.1) is 0 Å². The molecule has 9 heteroatoms. The molecule has 0 aromatic carbocycles. The van der Waals surface area contributed by atoms with Crippen LogP contribution in [0.1, 0.15) is 142 Å². The zero-order valence-corrected chi connectivity index (χ0v) is 34.7. The van der Waals surface area contributed by atoms with Gasteiger partial charge in [-0.15, -0.1) is 0 Å². The number of hydrogen-bond acceptors (Lipinski definition) is 9. The number of hydrogen-bond donors (Lipinski definition) is 7. The van der Waals surface area contributed by atoms with Crippen LogP contribution >= 0.6 is 0 Å². The average molecular weight is 724 g/mol. The molecule has 51 heavy (non-hydrogen) atoms. The lowest BCUT2D eigenvalue weighted by Crippen LogP contribution is -2.29. The van der Waals surface area contributed by atoms with Crippen molar-refractivity contribution in [3.63, 3.8) is 0 Å². The van der Waals surface area contributed by atoms with Crippen LogP contribution in [0.15, 0.2) is 0 Å². The molecule has 0 unspecified atom stereocenters. The Kier molecular flexibility index (Phi) is 40.4. The molecule has 0 aromatic rings. The SMILES string of the molecule is C1CCNC1.C1CCNC1.C1CCNCC1.C1CCNCC1.C1CCNCC1.C1CNC1.C1CNC1.CCN1CCCCC1.CN1CCCCC1. The Bertz CT molecular complexity index is 497. The lowest BCUT2D eigenvalue weighted by molar-refractivity contribution is 0.240. The molecule has 0 bridgehead atoms. The first-order chi connectivity index (χ1) is 25.3. The van der Waals surface area contributed by atoms with Gasteiger partial charge in [-0.2, -0.15) is 0 Å². The van der Waals surface area contributed by atoms with E-state index in [1.54, 1.807) is 0 Å². The molecule has 0 saturated carbocycles. The number of likely N-dealkylation sites (tertiary alicyclic amines) is 2. The van der Waals surface area contributed by atoms with E-state index in [9.17, 15) is 0 Å². The van der Waals surface area contributed by atoms with Gasteiger partial charge >= 0.3 is 0 Å². The van der Waals surface area contributed by atoms with Gasteiger partial charge in [0, 0.05) is 0 Å². The van der Waals surface area contributed by atoms with Crippen molar-refractivity contribution in [1.29, 1.82) is 0 Å². The van der Waals surface area contributed by atoms with Gasteiger partial charge in [0.25, 0.3) is 0 Å². The maximum atomic E-state index is 3.28. The molecule has 9 rings (SSSR count). The average Bonchev–Trinajstić information content (AvgIpc) is 3.95. The third-order valence-corrected chi connectivity index (χ3v) is 10.4. The van der Waals surface area contributed by atoms with Crippen molar-refractivity contribution in [2.24, 2.45) is 0 Å². The largest absolute Gasteiger partial charge is 0.317 e. The van der Waals surface area contributed by atoms with E-state index in [1.165, 1.54) is 259 Å². The summed E-state index contributed by atoms with van der Waals surface area (Å²) in [6.45, 7) is 26.3. The highest BCUT2D eigenvalue weighted by atomic mass is 15.1. The maximum absolute atomic E-state index is 3.28. The Morgan fingerprint density at radius 3 is 0.588 bits per heavy atom. The highest BCUT2D eigenvalue weighted by Gasteiger charge is 2.06. The Balaban J connectivity index is 0.000000289.